The Kier molecular flexibility index (Phi) is 5.90. The Morgan fingerprint density at radius 1 is 1.41 bits per heavy atom. The predicted octanol–water partition coefficient (Wildman–Crippen LogP) is 2.66. The van der Waals surface area contributed by atoms with Crippen LogP contribution in [0.1, 0.15) is 15.4 Å². The lowest BCUT2D eigenvalue weighted by Gasteiger charge is -2.03. The van der Waals surface area contributed by atoms with Crippen LogP contribution in [0, 0.1) is 6.92 Å². The van der Waals surface area contributed by atoms with E-state index in [-0.39, 0.29) is 25.7 Å². The summed E-state index contributed by atoms with van der Waals surface area (Å²) in [5.41, 5.74) is 0.647. The number of ether oxygens (including phenoxy) is 1. The van der Waals surface area contributed by atoms with E-state index in [9.17, 15) is 9.59 Å². The smallest absolute Gasteiger partial charge is 0.329 e. The monoisotopic (exact) mass is 360 g/mol. The largest absolute Gasteiger partial charge is 0.480 e. The number of carboxylic acids is 1. The number of hydrogen-bond donors (Lipinski definition) is 2. The first-order chi connectivity index (χ1) is 10.5. The van der Waals surface area contributed by atoms with Crippen LogP contribution in [0.25, 0.3) is 9.88 Å². The minimum atomic E-state index is -1.04. The van der Waals surface area contributed by atoms with E-state index in [1.807, 2.05) is 6.07 Å². The molecule has 0 saturated carbocycles. The van der Waals surface area contributed by atoms with Crippen molar-refractivity contribution in [3.05, 3.63) is 27.0 Å². The van der Waals surface area contributed by atoms with Gasteiger partial charge in [0.2, 0.25) is 0 Å². The first-order valence-corrected chi connectivity index (χ1v) is 8.29. The van der Waals surface area contributed by atoms with E-state index in [4.69, 9.17) is 21.4 Å². The van der Waals surface area contributed by atoms with Crippen LogP contribution in [0.4, 0.5) is 0 Å². The lowest BCUT2D eigenvalue weighted by Crippen LogP contribution is -2.27. The summed E-state index contributed by atoms with van der Waals surface area (Å²) in [5.74, 6) is -1.29. The number of aryl methyl sites for hydroxylation is 1. The Balaban J connectivity index is 1.93. The maximum Gasteiger partial charge on any atom is 0.329 e. The van der Waals surface area contributed by atoms with E-state index in [1.54, 1.807) is 13.0 Å². The minimum absolute atomic E-state index is 0.142. The third kappa shape index (κ3) is 4.51. The van der Waals surface area contributed by atoms with Gasteiger partial charge < -0.3 is 15.2 Å². The molecule has 0 aromatic carbocycles. The second kappa shape index (κ2) is 7.68. The third-order valence-corrected chi connectivity index (χ3v) is 5.10. The first-order valence-electron chi connectivity index (χ1n) is 6.28. The molecule has 6 nitrogen and oxygen atoms in total. The molecule has 2 heterocycles. The van der Waals surface area contributed by atoms with E-state index in [2.05, 4.69) is 10.3 Å². The number of thiophene rings is 1. The molecule has 0 radical (unpaired) electrons. The molecule has 2 rings (SSSR count). The average molecular weight is 361 g/mol. The summed E-state index contributed by atoms with van der Waals surface area (Å²) in [6, 6.07) is 3.66. The highest BCUT2D eigenvalue weighted by Crippen LogP contribution is 2.34. The van der Waals surface area contributed by atoms with Crippen LogP contribution in [0.3, 0.4) is 0 Å². The average Bonchev–Trinajstić information content (AvgIpc) is 3.04. The lowest BCUT2D eigenvalue weighted by atomic mass is 10.3. The fourth-order valence-electron chi connectivity index (χ4n) is 1.62. The summed E-state index contributed by atoms with van der Waals surface area (Å²) in [4.78, 5) is 28.2. The van der Waals surface area contributed by atoms with Crippen molar-refractivity contribution in [1.82, 2.24) is 10.3 Å². The van der Waals surface area contributed by atoms with E-state index in [0.29, 0.717) is 14.9 Å². The zero-order valence-corrected chi connectivity index (χ0v) is 14.0. The summed E-state index contributed by atoms with van der Waals surface area (Å²) in [6.45, 7) is 1.77. The Morgan fingerprint density at radius 2 is 2.18 bits per heavy atom. The van der Waals surface area contributed by atoms with Gasteiger partial charge in [0, 0.05) is 6.54 Å². The highest BCUT2D eigenvalue weighted by atomic mass is 35.5. The van der Waals surface area contributed by atoms with Crippen molar-refractivity contribution < 1.29 is 19.4 Å². The van der Waals surface area contributed by atoms with Crippen molar-refractivity contribution >= 4 is 46.2 Å². The number of carbonyl (C=O) groups excluding carboxylic acids is 1. The number of carbonyl (C=O) groups is 2. The zero-order chi connectivity index (χ0) is 16.1. The number of carboxylic acid groups (broad SMARTS) is 1. The van der Waals surface area contributed by atoms with Crippen molar-refractivity contribution in [2.45, 2.75) is 6.92 Å². The second-order valence-corrected chi connectivity index (χ2v) is 6.95. The van der Waals surface area contributed by atoms with Crippen molar-refractivity contribution in [2.75, 3.05) is 19.8 Å². The van der Waals surface area contributed by atoms with E-state index < -0.39 is 5.97 Å². The Morgan fingerprint density at radius 3 is 2.82 bits per heavy atom. The van der Waals surface area contributed by atoms with Crippen LogP contribution < -0.4 is 5.32 Å². The second-order valence-electron chi connectivity index (χ2n) is 4.24. The molecule has 0 atom stereocenters. The minimum Gasteiger partial charge on any atom is -0.480 e. The number of nitrogens with one attached hydrogen (secondary N) is 1. The lowest BCUT2D eigenvalue weighted by molar-refractivity contribution is -0.142. The zero-order valence-electron chi connectivity index (χ0n) is 11.6. The maximum absolute atomic E-state index is 12.1. The van der Waals surface area contributed by atoms with Gasteiger partial charge in [0.05, 0.1) is 21.5 Å². The van der Waals surface area contributed by atoms with Crippen LogP contribution in [0.5, 0.6) is 0 Å². The molecular weight excluding hydrogens is 348 g/mol. The molecule has 22 heavy (non-hydrogen) atoms. The molecule has 0 saturated heterocycles. The van der Waals surface area contributed by atoms with Crippen molar-refractivity contribution in [3.63, 3.8) is 0 Å². The van der Waals surface area contributed by atoms with Gasteiger partial charge in [-0.25, -0.2) is 9.78 Å². The van der Waals surface area contributed by atoms with Crippen LogP contribution >= 0.6 is 34.3 Å². The van der Waals surface area contributed by atoms with Gasteiger partial charge in [-0.3, -0.25) is 4.79 Å². The van der Waals surface area contributed by atoms with Crippen LogP contribution in [0.15, 0.2) is 12.1 Å². The summed E-state index contributed by atoms with van der Waals surface area (Å²) >= 11 is 8.60. The molecule has 2 aromatic heterocycles. The number of nitrogens with zero attached hydrogens (tertiary/aromatic N) is 1. The van der Waals surface area contributed by atoms with Crippen molar-refractivity contribution in [1.29, 1.82) is 0 Å². The van der Waals surface area contributed by atoms with Crippen LogP contribution in [-0.4, -0.2) is 41.7 Å². The summed E-state index contributed by atoms with van der Waals surface area (Å²) in [6.07, 6.45) is 0. The van der Waals surface area contributed by atoms with Crippen LogP contribution in [0.2, 0.25) is 4.34 Å². The molecule has 1 amide bonds. The number of halogens is 1. The number of hydrogen-bond acceptors (Lipinski definition) is 6. The predicted molar refractivity (Wildman–Crippen MR) is 86.0 cm³/mol. The number of aliphatic carboxylic acids is 1. The topological polar surface area (TPSA) is 88.5 Å². The molecule has 0 aliphatic heterocycles. The number of thiazole rings is 1. The number of aromatic nitrogens is 1. The van der Waals surface area contributed by atoms with Crippen molar-refractivity contribution in [3.8, 4) is 9.88 Å². The molecule has 0 bridgehead atoms. The van der Waals surface area contributed by atoms with E-state index >= 15 is 0 Å². The quantitative estimate of drug-likeness (QED) is 0.741. The van der Waals surface area contributed by atoms with Gasteiger partial charge in [0.15, 0.2) is 0 Å². The van der Waals surface area contributed by atoms with Gasteiger partial charge in [-0.15, -0.1) is 22.7 Å². The van der Waals surface area contributed by atoms with Gasteiger partial charge in [0.25, 0.3) is 5.91 Å². The summed E-state index contributed by atoms with van der Waals surface area (Å²) < 4.78 is 5.52. The van der Waals surface area contributed by atoms with Gasteiger partial charge in [-0.2, -0.15) is 0 Å². The Hall–Kier alpha value is -1.48. The van der Waals surface area contributed by atoms with Crippen molar-refractivity contribution in [2.24, 2.45) is 0 Å². The fraction of sp³-hybridized carbons (Fsp3) is 0.308. The molecule has 0 spiro atoms. The van der Waals surface area contributed by atoms with Gasteiger partial charge >= 0.3 is 5.97 Å². The SMILES string of the molecule is Cc1nc(-c2ccc(Cl)s2)sc1C(=O)NCCOCC(=O)O. The molecular formula is C13H13ClN2O4S2. The molecule has 0 unspecified atom stereocenters. The Bertz CT molecular complexity index is 683. The Labute approximate surface area is 139 Å². The van der Waals surface area contributed by atoms with Gasteiger partial charge in [0.1, 0.15) is 16.5 Å². The maximum atomic E-state index is 12.1. The standard InChI is InChI=1S/C13H13ClN2O4S2/c1-7-11(12(19)15-4-5-20-6-10(17)18)22-13(16-7)8-2-3-9(14)21-8/h2-3H,4-6H2,1H3,(H,15,19)(H,17,18). The normalized spacial score (nSPS) is 10.6. The van der Waals surface area contributed by atoms with E-state index in [1.165, 1.54) is 22.7 Å². The first kappa shape index (κ1) is 16.9. The molecule has 0 aliphatic rings. The molecule has 9 heteroatoms. The number of amides is 1. The molecule has 0 aliphatic carbocycles. The summed E-state index contributed by atoms with van der Waals surface area (Å²) in [7, 11) is 0. The highest BCUT2D eigenvalue weighted by molar-refractivity contribution is 7.24. The van der Waals surface area contributed by atoms with Crippen LogP contribution in [-0.2, 0) is 9.53 Å². The highest BCUT2D eigenvalue weighted by Gasteiger charge is 2.16. The van der Waals surface area contributed by atoms with E-state index in [0.717, 1.165) is 9.88 Å². The fourth-order valence-corrected chi connectivity index (χ4v) is 3.70. The number of rotatable bonds is 7. The summed E-state index contributed by atoms with van der Waals surface area (Å²) in [5, 5.41) is 11.8. The van der Waals surface area contributed by atoms with Gasteiger partial charge in [-0.1, -0.05) is 11.6 Å². The molecule has 118 valence electrons. The third-order valence-electron chi connectivity index (χ3n) is 2.54. The molecule has 2 aromatic rings. The molecule has 0 fully saturated rings. The molecule has 2 N–H and O–H groups in total. The van der Waals surface area contributed by atoms with Gasteiger partial charge in [-0.05, 0) is 19.1 Å².